The van der Waals surface area contributed by atoms with Crippen molar-refractivity contribution >= 4 is 27.5 Å². The number of alkyl halides is 3. The highest BCUT2D eigenvalue weighted by Crippen LogP contribution is 2.49. The van der Waals surface area contributed by atoms with Gasteiger partial charge in [-0.2, -0.15) is 13.2 Å². The smallest absolute Gasteiger partial charge is 0.324 e. The number of hydrogen-bond acceptors (Lipinski definition) is 1. The van der Waals surface area contributed by atoms with Gasteiger partial charge in [0.2, 0.25) is 5.91 Å². The van der Waals surface area contributed by atoms with Crippen LogP contribution in [-0.4, -0.2) is 5.91 Å². The third-order valence-corrected chi connectivity index (χ3v) is 4.74. The summed E-state index contributed by atoms with van der Waals surface area (Å²) in [5.41, 5.74) is -0.400. The van der Waals surface area contributed by atoms with Crippen LogP contribution in [0.5, 0.6) is 0 Å². The van der Waals surface area contributed by atoms with Crippen LogP contribution in [0.15, 0.2) is 53.0 Å². The fourth-order valence-electron chi connectivity index (χ4n) is 2.57. The molecule has 2 nitrogen and oxygen atoms in total. The molecule has 23 heavy (non-hydrogen) atoms. The van der Waals surface area contributed by atoms with Gasteiger partial charge in [0.15, 0.2) is 0 Å². The number of rotatable bonds is 3. The fraction of sp³-hybridized carbons (Fsp3) is 0.235. The summed E-state index contributed by atoms with van der Waals surface area (Å²) in [6.45, 7) is 0. The van der Waals surface area contributed by atoms with Gasteiger partial charge in [0.05, 0.1) is 16.7 Å². The molecular formula is C17H13BrF3NO. The second-order valence-corrected chi connectivity index (χ2v) is 6.45. The van der Waals surface area contributed by atoms with E-state index in [2.05, 4.69) is 21.2 Å². The molecule has 3 rings (SSSR count). The van der Waals surface area contributed by atoms with E-state index in [4.69, 9.17) is 0 Å². The van der Waals surface area contributed by atoms with Crippen LogP contribution in [0, 0.1) is 0 Å². The quantitative estimate of drug-likeness (QED) is 0.781. The first-order valence-electron chi connectivity index (χ1n) is 7.07. The van der Waals surface area contributed by atoms with Gasteiger partial charge < -0.3 is 5.32 Å². The van der Waals surface area contributed by atoms with E-state index in [-0.39, 0.29) is 11.6 Å². The van der Waals surface area contributed by atoms with E-state index < -0.39 is 17.2 Å². The lowest BCUT2D eigenvalue weighted by molar-refractivity contribution is -0.137. The molecule has 2 aromatic rings. The number of nitrogens with one attached hydrogen (secondary N) is 1. The van der Waals surface area contributed by atoms with Crippen LogP contribution in [-0.2, 0) is 16.4 Å². The maximum absolute atomic E-state index is 12.8. The van der Waals surface area contributed by atoms with Crippen molar-refractivity contribution in [3.05, 3.63) is 64.1 Å². The van der Waals surface area contributed by atoms with Crippen LogP contribution in [0.4, 0.5) is 18.9 Å². The highest BCUT2D eigenvalue weighted by molar-refractivity contribution is 9.10. The van der Waals surface area contributed by atoms with Crippen LogP contribution >= 0.6 is 15.9 Å². The Kier molecular flexibility index (Phi) is 3.96. The molecule has 1 saturated carbocycles. The summed E-state index contributed by atoms with van der Waals surface area (Å²) in [5.74, 6) is -0.274. The predicted octanol–water partition coefficient (Wildman–Crippen LogP) is 5.14. The van der Waals surface area contributed by atoms with Crippen LogP contribution in [0.3, 0.4) is 0 Å². The van der Waals surface area contributed by atoms with Crippen molar-refractivity contribution < 1.29 is 18.0 Å². The molecule has 6 heteroatoms. The first-order chi connectivity index (χ1) is 10.8. The average molecular weight is 384 g/mol. The minimum absolute atomic E-state index is 0.132. The van der Waals surface area contributed by atoms with Crippen molar-refractivity contribution in [2.75, 3.05) is 5.32 Å². The van der Waals surface area contributed by atoms with E-state index >= 15 is 0 Å². The third kappa shape index (κ3) is 3.13. The molecule has 0 saturated heterocycles. The average Bonchev–Trinajstić information content (AvgIpc) is 3.31. The predicted molar refractivity (Wildman–Crippen MR) is 85.1 cm³/mol. The number of benzene rings is 2. The van der Waals surface area contributed by atoms with Gasteiger partial charge in [0.1, 0.15) is 0 Å². The van der Waals surface area contributed by atoms with Crippen molar-refractivity contribution in [2.24, 2.45) is 0 Å². The van der Waals surface area contributed by atoms with E-state index in [1.807, 2.05) is 30.3 Å². The van der Waals surface area contributed by atoms with E-state index in [0.29, 0.717) is 17.3 Å². The summed E-state index contributed by atoms with van der Waals surface area (Å²) in [4.78, 5) is 12.6. The highest BCUT2D eigenvalue weighted by atomic mass is 79.9. The van der Waals surface area contributed by atoms with E-state index in [9.17, 15) is 18.0 Å². The van der Waals surface area contributed by atoms with Crippen molar-refractivity contribution in [2.45, 2.75) is 24.4 Å². The summed E-state index contributed by atoms with van der Waals surface area (Å²) in [7, 11) is 0. The Morgan fingerprint density at radius 3 is 2.30 bits per heavy atom. The van der Waals surface area contributed by atoms with Gasteiger partial charge in [0, 0.05) is 4.47 Å². The molecule has 1 N–H and O–H groups in total. The maximum atomic E-state index is 12.8. The molecule has 1 aliphatic carbocycles. The molecule has 2 aromatic carbocycles. The number of carbonyl (C=O) groups is 1. The molecule has 0 aliphatic heterocycles. The number of hydrogen-bond donors (Lipinski definition) is 1. The van der Waals surface area contributed by atoms with E-state index in [0.717, 1.165) is 17.7 Å². The van der Waals surface area contributed by atoms with Crippen molar-refractivity contribution in [3.63, 3.8) is 0 Å². The molecule has 0 radical (unpaired) electrons. The first-order valence-corrected chi connectivity index (χ1v) is 7.86. The number of anilines is 1. The normalized spacial score (nSPS) is 16.0. The summed E-state index contributed by atoms with van der Waals surface area (Å²) < 4.78 is 38.9. The lowest BCUT2D eigenvalue weighted by atomic mass is 9.95. The van der Waals surface area contributed by atoms with Crippen molar-refractivity contribution in [1.82, 2.24) is 0 Å². The van der Waals surface area contributed by atoms with Crippen LogP contribution in [0.2, 0.25) is 0 Å². The van der Waals surface area contributed by atoms with Crippen LogP contribution in [0.25, 0.3) is 0 Å². The third-order valence-electron chi connectivity index (χ3n) is 4.05. The largest absolute Gasteiger partial charge is 0.416 e. The van der Waals surface area contributed by atoms with Gasteiger partial charge in [-0.05, 0) is 52.5 Å². The summed E-state index contributed by atoms with van der Waals surface area (Å²) >= 11 is 3.19. The molecule has 1 fully saturated rings. The molecule has 0 unspecified atom stereocenters. The SMILES string of the molecule is O=C(Nc1cc(C(F)(F)F)ccc1Br)C1(c2ccccc2)CC1. The maximum Gasteiger partial charge on any atom is 0.416 e. The zero-order valence-electron chi connectivity index (χ0n) is 12.0. The van der Waals surface area contributed by atoms with Gasteiger partial charge in [-0.15, -0.1) is 0 Å². The molecular weight excluding hydrogens is 371 g/mol. The molecule has 0 atom stereocenters. The minimum Gasteiger partial charge on any atom is -0.324 e. The second kappa shape index (κ2) is 5.67. The molecule has 0 spiro atoms. The Labute approximate surface area is 139 Å². The Morgan fingerprint density at radius 1 is 1.09 bits per heavy atom. The Balaban J connectivity index is 1.87. The molecule has 0 heterocycles. The van der Waals surface area contributed by atoms with Gasteiger partial charge >= 0.3 is 6.18 Å². The second-order valence-electron chi connectivity index (χ2n) is 5.59. The van der Waals surface area contributed by atoms with Crippen LogP contribution < -0.4 is 5.32 Å². The van der Waals surface area contributed by atoms with Gasteiger partial charge in [0.25, 0.3) is 0 Å². The highest BCUT2D eigenvalue weighted by Gasteiger charge is 2.51. The molecule has 0 bridgehead atoms. The van der Waals surface area contributed by atoms with Gasteiger partial charge in [-0.1, -0.05) is 30.3 Å². The topological polar surface area (TPSA) is 29.1 Å². The van der Waals surface area contributed by atoms with Gasteiger partial charge in [-0.25, -0.2) is 0 Å². The van der Waals surface area contributed by atoms with E-state index in [1.54, 1.807) is 0 Å². The lowest BCUT2D eigenvalue weighted by Crippen LogP contribution is -2.28. The molecule has 1 amide bonds. The molecule has 1 aliphatic rings. The molecule has 0 aromatic heterocycles. The Bertz CT molecular complexity index is 739. The molecule has 120 valence electrons. The summed E-state index contributed by atoms with van der Waals surface area (Å²) in [6.07, 6.45) is -3.06. The first kappa shape index (κ1) is 16.1. The van der Waals surface area contributed by atoms with Crippen molar-refractivity contribution in [1.29, 1.82) is 0 Å². The summed E-state index contributed by atoms with van der Waals surface area (Å²) in [6, 6.07) is 12.5. The zero-order chi connectivity index (χ0) is 16.7. The fourth-order valence-corrected chi connectivity index (χ4v) is 2.91. The summed E-state index contributed by atoms with van der Waals surface area (Å²) in [5, 5.41) is 2.64. The van der Waals surface area contributed by atoms with Crippen molar-refractivity contribution in [3.8, 4) is 0 Å². The van der Waals surface area contributed by atoms with Gasteiger partial charge in [-0.3, -0.25) is 4.79 Å². The van der Waals surface area contributed by atoms with E-state index in [1.165, 1.54) is 6.07 Å². The standard InChI is InChI=1S/C17H13BrF3NO/c18-13-7-6-12(17(19,20)21)10-14(13)22-15(23)16(8-9-16)11-4-2-1-3-5-11/h1-7,10H,8-9H2,(H,22,23). The Hall–Kier alpha value is -1.82. The Morgan fingerprint density at radius 2 is 1.74 bits per heavy atom. The zero-order valence-corrected chi connectivity index (χ0v) is 13.5. The minimum atomic E-state index is -4.45. The monoisotopic (exact) mass is 383 g/mol. The lowest BCUT2D eigenvalue weighted by Gasteiger charge is -2.17. The number of carbonyl (C=O) groups excluding carboxylic acids is 1. The van der Waals surface area contributed by atoms with Crippen LogP contribution in [0.1, 0.15) is 24.0 Å². The number of halogens is 4. The number of amides is 1.